The molecule has 0 spiro atoms. The molecule has 0 amide bonds. The van der Waals surface area contributed by atoms with Crippen LogP contribution in [-0.4, -0.2) is 10.8 Å². The molecule has 0 unspecified atom stereocenters. The van der Waals surface area contributed by atoms with Gasteiger partial charge in [-0.3, -0.25) is 4.79 Å². The predicted octanol–water partition coefficient (Wildman–Crippen LogP) is 4.43. The molecule has 3 nitrogen and oxygen atoms in total. The molecule has 19 heavy (non-hydrogen) atoms. The molecule has 1 aromatic heterocycles. The van der Waals surface area contributed by atoms with Gasteiger partial charge in [-0.1, -0.05) is 24.6 Å². The molecular formula is C15H14ClNO2. The van der Waals surface area contributed by atoms with Crippen LogP contribution in [0.1, 0.15) is 29.4 Å². The summed E-state index contributed by atoms with van der Waals surface area (Å²) in [6.45, 7) is 3.77. The molecule has 0 atom stereocenters. The minimum Gasteiger partial charge on any atom is -0.454 e. The standard InChI is InChI=1S/C15H14ClNO2/c1-3-14(18)13-6-5-11(9-17-13)19-15-7-4-10(2)8-12(15)16/h4-9H,3H2,1-2H3. The highest BCUT2D eigenvalue weighted by molar-refractivity contribution is 6.32. The van der Waals surface area contributed by atoms with E-state index in [9.17, 15) is 4.79 Å². The maximum absolute atomic E-state index is 11.5. The largest absolute Gasteiger partial charge is 0.454 e. The van der Waals surface area contributed by atoms with Crippen molar-refractivity contribution in [1.82, 2.24) is 4.98 Å². The topological polar surface area (TPSA) is 39.2 Å². The molecule has 4 heteroatoms. The number of hydrogen-bond donors (Lipinski definition) is 0. The Morgan fingerprint density at radius 2 is 2.11 bits per heavy atom. The molecule has 0 aliphatic heterocycles. The fraction of sp³-hybridized carbons (Fsp3) is 0.200. The van der Waals surface area contributed by atoms with Gasteiger partial charge in [0.25, 0.3) is 0 Å². The summed E-state index contributed by atoms with van der Waals surface area (Å²) in [6, 6.07) is 8.93. The number of nitrogens with zero attached hydrogens (tertiary/aromatic N) is 1. The summed E-state index contributed by atoms with van der Waals surface area (Å²) in [5.41, 5.74) is 1.52. The lowest BCUT2D eigenvalue weighted by atomic mass is 10.2. The molecule has 2 rings (SSSR count). The lowest BCUT2D eigenvalue weighted by molar-refractivity contribution is 0.0983. The smallest absolute Gasteiger partial charge is 0.180 e. The first-order chi connectivity index (χ1) is 9.10. The van der Waals surface area contributed by atoms with Gasteiger partial charge in [0.1, 0.15) is 17.2 Å². The van der Waals surface area contributed by atoms with Gasteiger partial charge in [0.2, 0.25) is 0 Å². The van der Waals surface area contributed by atoms with Crippen LogP contribution in [0, 0.1) is 6.92 Å². The number of pyridine rings is 1. The van der Waals surface area contributed by atoms with E-state index in [0.717, 1.165) is 5.56 Å². The maximum atomic E-state index is 11.5. The third kappa shape index (κ3) is 3.32. The highest BCUT2D eigenvalue weighted by atomic mass is 35.5. The molecule has 0 fully saturated rings. The summed E-state index contributed by atoms with van der Waals surface area (Å²) in [5.74, 6) is 1.14. The van der Waals surface area contributed by atoms with Crippen LogP contribution >= 0.6 is 11.6 Å². The van der Waals surface area contributed by atoms with Gasteiger partial charge in [0, 0.05) is 6.42 Å². The van der Waals surface area contributed by atoms with Crippen molar-refractivity contribution in [2.75, 3.05) is 0 Å². The van der Waals surface area contributed by atoms with Crippen LogP contribution in [-0.2, 0) is 0 Å². The van der Waals surface area contributed by atoms with Crippen LogP contribution in [0.2, 0.25) is 5.02 Å². The second kappa shape index (κ2) is 5.85. The van der Waals surface area contributed by atoms with Crippen LogP contribution in [0.15, 0.2) is 36.5 Å². The molecule has 1 aromatic carbocycles. The first kappa shape index (κ1) is 13.6. The van der Waals surface area contributed by atoms with Gasteiger partial charge in [0.15, 0.2) is 5.78 Å². The van der Waals surface area contributed by atoms with Crippen molar-refractivity contribution in [2.45, 2.75) is 20.3 Å². The van der Waals surface area contributed by atoms with Gasteiger partial charge in [-0.15, -0.1) is 0 Å². The Morgan fingerprint density at radius 3 is 2.68 bits per heavy atom. The minimum atomic E-state index is 0.0138. The number of halogens is 1. The molecule has 0 aliphatic rings. The fourth-order valence-corrected chi connectivity index (χ4v) is 1.88. The highest BCUT2D eigenvalue weighted by Gasteiger charge is 2.07. The number of ketones is 1. The summed E-state index contributed by atoms with van der Waals surface area (Å²) < 4.78 is 5.63. The molecule has 98 valence electrons. The van der Waals surface area contributed by atoms with Crippen LogP contribution in [0.4, 0.5) is 0 Å². The van der Waals surface area contributed by atoms with Gasteiger partial charge in [-0.25, -0.2) is 4.98 Å². The number of ether oxygens (including phenoxy) is 1. The van der Waals surface area contributed by atoms with E-state index in [1.54, 1.807) is 19.1 Å². The average molecular weight is 276 g/mol. The first-order valence-electron chi connectivity index (χ1n) is 6.03. The normalized spacial score (nSPS) is 10.3. The van der Waals surface area contributed by atoms with Gasteiger partial charge < -0.3 is 4.74 Å². The highest BCUT2D eigenvalue weighted by Crippen LogP contribution is 2.29. The quantitative estimate of drug-likeness (QED) is 0.775. The Hall–Kier alpha value is -1.87. The van der Waals surface area contributed by atoms with Crippen molar-refractivity contribution in [3.8, 4) is 11.5 Å². The molecule has 0 aliphatic carbocycles. The van der Waals surface area contributed by atoms with E-state index in [4.69, 9.17) is 16.3 Å². The Morgan fingerprint density at radius 1 is 1.32 bits per heavy atom. The van der Waals surface area contributed by atoms with Crippen molar-refractivity contribution in [1.29, 1.82) is 0 Å². The lowest BCUT2D eigenvalue weighted by Crippen LogP contribution is -1.99. The Bertz CT molecular complexity index is 594. The summed E-state index contributed by atoms with van der Waals surface area (Å²) in [7, 11) is 0. The van der Waals surface area contributed by atoms with Gasteiger partial charge in [-0.2, -0.15) is 0 Å². The molecule has 0 N–H and O–H groups in total. The van der Waals surface area contributed by atoms with Crippen LogP contribution in [0.3, 0.4) is 0 Å². The number of aryl methyl sites for hydroxylation is 1. The van der Waals surface area contributed by atoms with E-state index in [0.29, 0.717) is 28.6 Å². The molecule has 1 heterocycles. The maximum Gasteiger partial charge on any atom is 0.180 e. The van der Waals surface area contributed by atoms with Crippen molar-refractivity contribution >= 4 is 17.4 Å². The van der Waals surface area contributed by atoms with E-state index in [1.165, 1.54) is 6.20 Å². The monoisotopic (exact) mass is 275 g/mol. The molecular weight excluding hydrogens is 262 g/mol. The lowest BCUT2D eigenvalue weighted by Gasteiger charge is -2.08. The average Bonchev–Trinajstić information content (AvgIpc) is 2.42. The summed E-state index contributed by atoms with van der Waals surface area (Å²) in [5, 5.41) is 0.550. The van der Waals surface area contributed by atoms with Gasteiger partial charge in [-0.05, 0) is 36.8 Å². The van der Waals surface area contributed by atoms with Gasteiger partial charge >= 0.3 is 0 Å². The van der Waals surface area contributed by atoms with Gasteiger partial charge in [0.05, 0.1) is 11.2 Å². The van der Waals surface area contributed by atoms with Crippen molar-refractivity contribution in [2.24, 2.45) is 0 Å². The van der Waals surface area contributed by atoms with E-state index in [1.807, 2.05) is 25.1 Å². The fourth-order valence-electron chi connectivity index (χ4n) is 1.60. The molecule has 0 saturated heterocycles. The molecule has 0 saturated carbocycles. The molecule has 2 aromatic rings. The third-order valence-electron chi connectivity index (χ3n) is 2.66. The van der Waals surface area contributed by atoms with E-state index in [-0.39, 0.29) is 5.78 Å². The van der Waals surface area contributed by atoms with Crippen molar-refractivity contribution in [3.63, 3.8) is 0 Å². The number of benzene rings is 1. The zero-order chi connectivity index (χ0) is 13.8. The SMILES string of the molecule is CCC(=O)c1ccc(Oc2ccc(C)cc2Cl)cn1. The third-order valence-corrected chi connectivity index (χ3v) is 2.95. The molecule has 0 bridgehead atoms. The Labute approximate surface area is 117 Å². The predicted molar refractivity (Wildman–Crippen MR) is 75.1 cm³/mol. The second-order valence-corrected chi connectivity index (χ2v) is 4.60. The minimum absolute atomic E-state index is 0.0138. The first-order valence-corrected chi connectivity index (χ1v) is 6.41. The van der Waals surface area contributed by atoms with Crippen molar-refractivity contribution in [3.05, 3.63) is 52.8 Å². The van der Waals surface area contributed by atoms with Crippen molar-refractivity contribution < 1.29 is 9.53 Å². The number of rotatable bonds is 4. The number of carbonyl (C=O) groups excluding carboxylic acids is 1. The number of Topliss-reactive ketones (excluding diaryl/α,β-unsaturated/α-hetero) is 1. The zero-order valence-corrected chi connectivity index (χ0v) is 11.6. The second-order valence-electron chi connectivity index (χ2n) is 4.19. The zero-order valence-electron chi connectivity index (χ0n) is 10.8. The Kier molecular flexibility index (Phi) is 4.17. The summed E-state index contributed by atoms with van der Waals surface area (Å²) in [4.78, 5) is 15.5. The van der Waals surface area contributed by atoms with E-state index < -0.39 is 0 Å². The van der Waals surface area contributed by atoms with Crippen LogP contribution < -0.4 is 4.74 Å². The Balaban J connectivity index is 2.17. The number of aromatic nitrogens is 1. The van der Waals surface area contributed by atoms with E-state index in [2.05, 4.69) is 4.98 Å². The van der Waals surface area contributed by atoms with Crippen LogP contribution in [0.5, 0.6) is 11.5 Å². The summed E-state index contributed by atoms with van der Waals surface area (Å²) in [6.07, 6.45) is 1.97. The van der Waals surface area contributed by atoms with Crippen LogP contribution in [0.25, 0.3) is 0 Å². The van der Waals surface area contributed by atoms with E-state index >= 15 is 0 Å². The summed E-state index contributed by atoms with van der Waals surface area (Å²) >= 11 is 6.08. The number of hydrogen-bond acceptors (Lipinski definition) is 3. The molecule has 0 radical (unpaired) electrons. The number of carbonyl (C=O) groups is 1.